The predicted molar refractivity (Wildman–Crippen MR) is 71.5 cm³/mol. The van der Waals surface area contributed by atoms with Gasteiger partial charge in [0.25, 0.3) is 0 Å². The molecule has 1 nitrogen and oxygen atoms in total. The molecule has 5 heteroatoms. The minimum absolute atomic E-state index is 0.0245. The minimum atomic E-state index is -0.496. The first-order chi connectivity index (χ1) is 8.08. The van der Waals surface area contributed by atoms with Gasteiger partial charge < -0.3 is 0 Å². The molecule has 0 amide bonds. The standard InChI is InChI=1S/C12H7BrClFOS/c13-11-5-4-10(17-11)9(16)6-7-2-1-3-8(15)12(7)14/h1-5H,6H2. The first-order valence-electron chi connectivity index (χ1n) is 4.79. The molecule has 88 valence electrons. The molecule has 0 bridgehead atoms. The van der Waals surface area contributed by atoms with E-state index in [4.69, 9.17) is 11.6 Å². The van der Waals surface area contributed by atoms with Crippen LogP contribution in [0.2, 0.25) is 5.02 Å². The maximum absolute atomic E-state index is 13.2. The van der Waals surface area contributed by atoms with Crippen LogP contribution < -0.4 is 0 Å². The Morgan fingerprint density at radius 2 is 2.12 bits per heavy atom. The zero-order valence-corrected chi connectivity index (χ0v) is 11.7. The van der Waals surface area contributed by atoms with E-state index in [0.717, 1.165) is 3.79 Å². The lowest BCUT2D eigenvalue weighted by molar-refractivity contribution is 0.0997. The summed E-state index contributed by atoms with van der Waals surface area (Å²) in [7, 11) is 0. The second-order valence-electron chi connectivity index (χ2n) is 3.42. The second-order valence-corrected chi connectivity index (χ2v) is 6.26. The summed E-state index contributed by atoms with van der Waals surface area (Å²) in [5, 5.41) is 0.0245. The molecule has 0 unspecified atom stereocenters. The third-order valence-corrected chi connectivity index (χ3v) is 4.32. The molecule has 17 heavy (non-hydrogen) atoms. The molecule has 0 saturated heterocycles. The average molecular weight is 334 g/mol. The van der Waals surface area contributed by atoms with Crippen molar-refractivity contribution in [1.29, 1.82) is 0 Å². The van der Waals surface area contributed by atoms with Crippen LogP contribution in [0.4, 0.5) is 4.39 Å². The number of halogens is 3. The van der Waals surface area contributed by atoms with E-state index in [-0.39, 0.29) is 17.2 Å². The van der Waals surface area contributed by atoms with Gasteiger partial charge in [-0.2, -0.15) is 0 Å². The second kappa shape index (κ2) is 5.29. The summed E-state index contributed by atoms with van der Waals surface area (Å²) in [5.74, 6) is -0.558. The zero-order valence-electron chi connectivity index (χ0n) is 8.54. The first kappa shape index (κ1) is 12.7. The van der Waals surface area contributed by atoms with Crippen molar-refractivity contribution in [2.45, 2.75) is 6.42 Å². The van der Waals surface area contributed by atoms with Crippen LogP contribution in [0, 0.1) is 5.82 Å². The smallest absolute Gasteiger partial charge is 0.177 e. The maximum atomic E-state index is 13.2. The molecular weight excluding hydrogens is 327 g/mol. The number of benzene rings is 1. The SMILES string of the molecule is O=C(Cc1cccc(F)c1Cl)c1ccc(Br)s1. The molecule has 1 aromatic heterocycles. The van der Waals surface area contributed by atoms with Gasteiger partial charge in [0.05, 0.1) is 13.7 Å². The van der Waals surface area contributed by atoms with Gasteiger partial charge in [-0.3, -0.25) is 4.79 Å². The van der Waals surface area contributed by atoms with E-state index >= 15 is 0 Å². The van der Waals surface area contributed by atoms with Crippen LogP contribution in [0.3, 0.4) is 0 Å². The molecule has 0 spiro atoms. The molecule has 2 aromatic rings. The number of hydrogen-bond donors (Lipinski definition) is 0. The summed E-state index contributed by atoms with van der Waals surface area (Å²) >= 11 is 10.4. The Hall–Kier alpha value is -0.710. The van der Waals surface area contributed by atoms with E-state index in [1.54, 1.807) is 18.2 Å². The molecule has 2 rings (SSSR count). The van der Waals surface area contributed by atoms with Gasteiger partial charge in [0.1, 0.15) is 5.82 Å². The van der Waals surface area contributed by atoms with Gasteiger partial charge in [0.15, 0.2) is 5.78 Å². The van der Waals surface area contributed by atoms with Gasteiger partial charge in [0, 0.05) is 6.42 Å². The van der Waals surface area contributed by atoms with Gasteiger partial charge in [-0.05, 0) is 39.7 Å². The van der Waals surface area contributed by atoms with Crippen LogP contribution >= 0.6 is 38.9 Å². The van der Waals surface area contributed by atoms with Gasteiger partial charge in [0.2, 0.25) is 0 Å². The van der Waals surface area contributed by atoms with Gasteiger partial charge in [-0.1, -0.05) is 23.7 Å². The molecule has 0 aliphatic heterocycles. The van der Waals surface area contributed by atoms with E-state index in [9.17, 15) is 9.18 Å². The molecule has 0 aliphatic rings. The molecule has 1 aromatic carbocycles. The Morgan fingerprint density at radius 3 is 2.76 bits per heavy atom. The maximum Gasteiger partial charge on any atom is 0.177 e. The van der Waals surface area contributed by atoms with Crippen molar-refractivity contribution in [2.75, 3.05) is 0 Å². The highest BCUT2D eigenvalue weighted by atomic mass is 79.9. The number of rotatable bonds is 3. The van der Waals surface area contributed by atoms with E-state index in [0.29, 0.717) is 10.4 Å². The summed E-state index contributed by atoms with van der Waals surface area (Å²) in [5.41, 5.74) is 0.515. The lowest BCUT2D eigenvalue weighted by Gasteiger charge is -2.03. The lowest BCUT2D eigenvalue weighted by atomic mass is 10.1. The number of carbonyl (C=O) groups excluding carboxylic acids is 1. The largest absolute Gasteiger partial charge is 0.293 e. The Labute approximate surface area is 115 Å². The third kappa shape index (κ3) is 2.94. The normalized spacial score (nSPS) is 10.5. The molecule has 0 saturated carbocycles. The first-order valence-corrected chi connectivity index (χ1v) is 6.78. The number of carbonyl (C=O) groups is 1. The number of thiophene rings is 1. The van der Waals surface area contributed by atoms with E-state index in [1.807, 2.05) is 6.07 Å². The molecule has 0 aliphatic carbocycles. The van der Waals surface area contributed by atoms with Crippen molar-refractivity contribution in [3.8, 4) is 0 Å². The van der Waals surface area contributed by atoms with Gasteiger partial charge in [-0.15, -0.1) is 11.3 Å². The van der Waals surface area contributed by atoms with Crippen LogP contribution in [0.5, 0.6) is 0 Å². The summed E-state index contributed by atoms with van der Waals surface area (Å²) in [4.78, 5) is 12.5. The molecular formula is C12H7BrClFOS. The highest BCUT2D eigenvalue weighted by Gasteiger charge is 2.13. The summed E-state index contributed by atoms with van der Waals surface area (Å²) in [6.07, 6.45) is 0.115. The molecule has 1 heterocycles. The van der Waals surface area contributed by atoms with Crippen molar-refractivity contribution < 1.29 is 9.18 Å². The monoisotopic (exact) mass is 332 g/mol. The minimum Gasteiger partial charge on any atom is -0.293 e. The van der Waals surface area contributed by atoms with Crippen molar-refractivity contribution in [3.05, 3.63) is 55.4 Å². The Balaban J connectivity index is 2.21. The Kier molecular flexibility index (Phi) is 3.97. The van der Waals surface area contributed by atoms with Crippen LogP contribution in [0.15, 0.2) is 34.1 Å². The van der Waals surface area contributed by atoms with Crippen LogP contribution in [-0.2, 0) is 6.42 Å². The number of Topliss-reactive ketones (excluding diaryl/α,β-unsaturated/α-hetero) is 1. The van der Waals surface area contributed by atoms with E-state index in [1.165, 1.54) is 17.4 Å². The zero-order chi connectivity index (χ0) is 12.4. The van der Waals surface area contributed by atoms with Crippen molar-refractivity contribution >= 4 is 44.7 Å². The lowest BCUT2D eigenvalue weighted by Crippen LogP contribution is -2.02. The fourth-order valence-electron chi connectivity index (χ4n) is 1.41. The fourth-order valence-corrected chi connectivity index (χ4v) is 2.93. The predicted octanol–water partition coefficient (Wildman–Crippen LogP) is 4.73. The Bertz CT molecular complexity index is 567. The van der Waals surface area contributed by atoms with Crippen LogP contribution in [-0.4, -0.2) is 5.78 Å². The molecule has 0 radical (unpaired) electrons. The number of hydrogen-bond acceptors (Lipinski definition) is 2. The highest BCUT2D eigenvalue weighted by molar-refractivity contribution is 9.11. The summed E-state index contributed by atoms with van der Waals surface area (Å²) < 4.78 is 14.1. The number of ketones is 1. The van der Waals surface area contributed by atoms with Crippen LogP contribution in [0.1, 0.15) is 15.2 Å². The highest BCUT2D eigenvalue weighted by Crippen LogP contribution is 2.25. The van der Waals surface area contributed by atoms with Crippen LogP contribution in [0.25, 0.3) is 0 Å². The van der Waals surface area contributed by atoms with Gasteiger partial charge in [-0.25, -0.2) is 4.39 Å². The quantitative estimate of drug-likeness (QED) is 0.742. The van der Waals surface area contributed by atoms with Crippen molar-refractivity contribution in [2.24, 2.45) is 0 Å². The van der Waals surface area contributed by atoms with E-state index < -0.39 is 5.82 Å². The summed E-state index contributed by atoms with van der Waals surface area (Å²) in [6, 6.07) is 8.04. The van der Waals surface area contributed by atoms with Crippen molar-refractivity contribution in [1.82, 2.24) is 0 Å². The Morgan fingerprint density at radius 1 is 1.35 bits per heavy atom. The molecule has 0 atom stereocenters. The van der Waals surface area contributed by atoms with E-state index in [2.05, 4.69) is 15.9 Å². The van der Waals surface area contributed by atoms with Crippen molar-refractivity contribution in [3.63, 3.8) is 0 Å². The third-order valence-electron chi connectivity index (χ3n) is 2.23. The average Bonchev–Trinajstić information content (AvgIpc) is 2.72. The molecule has 0 N–H and O–H groups in total. The fraction of sp³-hybridized carbons (Fsp3) is 0.0833. The topological polar surface area (TPSA) is 17.1 Å². The molecule has 0 fully saturated rings. The van der Waals surface area contributed by atoms with Gasteiger partial charge >= 0.3 is 0 Å². The summed E-state index contributed by atoms with van der Waals surface area (Å²) in [6.45, 7) is 0.